The van der Waals surface area contributed by atoms with E-state index in [0.29, 0.717) is 19.5 Å². The van der Waals surface area contributed by atoms with Crippen molar-refractivity contribution >= 4 is 17.4 Å². The van der Waals surface area contributed by atoms with Crippen LogP contribution in [0.15, 0.2) is 42.6 Å². The second-order valence-corrected chi connectivity index (χ2v) is 6.35. The quantitative estimate of drug-likeness (QED) is 0.636. The van der Waals surface area contributed by atoms with Crippen LogP contribution in [-0.4, -0.2) is 46.0 Å². The number of nitrogens with two attached hydrogens (primary N) is 1. The third-order valence-corrected chi connectivity index (χ3v) is 4.22. The molecule has 3 rings (SSSR count). The summed E-state index contributed by atoms with van der Waals surface area (Å²) in [6.45, 7) is 1.21. The van der Waals surface area contributed by atoms with E-state index in [9.17, 15) is 4.79 Å². The first-order chi connectivity index (χ1) is 12.6. The highest BCUT2D eigenvalue weighted by Gasteiger charge is 2.08. The molecule has 0 atom stereocenters. The van der Waals surface area contributed by atoms with E-state index in [-0.39, 0.29) is 5.91 Å². The van der Waals surface area contributed by atoms with Gasteiger partial charge in [-0.25, -0.2) is 9.50 Å². The first-order valence-electron chi connectivity index (χ1n) is 8.66. The monoisotopic (exact) mass is 352 g/mol. The number of aromatic nitrogens is 3. The van der Waals surface area contributed by atoms with Crippen molar-refractivity contribution in [2.45, 2.75) is 19.4 Å². The van der Waals surface area contributed by atoms with Crippen molar-refractivity contribution in [1.82, 2.24) is 19.5 Å². The molecule has 3 N–H and O–H groups in total. The smallest absolute Gasteiger partial charge is 0.222 e. The van der Waals surface area contributed by atoms with Gasteiger partial charge in [0.25, 0.3) is 0 Å². The van der Waals surface area contributed by atoms with Crippen LogP contribution in [0.5, 0.6) is 0 Å². The van der Waals surface area contributed by atoms with Gasteiger partial charge in [-0.2, -0.15) is 0 Å². The van der Waals surface area contributed by atoms with E-state index in [4.69, 9.17) is 5.73 Å². The molecule has 7 heteroatoms. The Labute approximate surface area is 152 Å². The van der Waals surface area contributed by atoms with Gasteiger partial charge in [-0.1, -0.05) is 24.3 Å². The lowest BCUT2D eigenvalue weighted by atomic mass is 10.1. The number of rotatable bonds is 7. The van der Waals surface area contributed by atoms with Crippen LogP contribution < -0.4 is 11.1 Å². The van der Waals surface area contributed by atoms with Gasteiger partial charge in [0.1, 0.15) is 5.82 Å². The van der Waals surface area contributed by atoms with E-state index in [1.807, 2.05) is 47.1 Å². The minimum absolute atomic E-state index is 0.132. The number of carbonyl (C=O) groups is 1. The molecule has 1 amide bonds. The summed E-state index contributed by atoms with van der Waals surface area (Å²) in [4.78, 5) is 17.6. The third kappa shape index (κ3) is 4.00. The molecular weight excluding hydrogens is 328 g/mol. The second-order valence-electron chi connectivity index (χ2n) is 6.35. The van der Waals surface area contributed by atoms with Gasteiger partial charge in [-0.15, -0.1) is 5.10 Å². The van der Waals surface area contributed by atoms with E-state index in [2.05, 4.69) is 15.4 Å². The van der Waals surface area contributed by atoms with E-state index in [1.165, 1.54) is 0 Å². The molecule has 2 aromatic heterocycles. The molecule has 2 heterocycles. The molecule has 0 fully saturated rings. The average molecular weight is 352 g/mol. The van der Waals surface area contributed by atoms with Gasteiger partial charge in [0.2, 0.25) is 5.91 Å². The summed E-state index contributed by atoms with van der Waals surface area (Å²) in [7, 11) is 3.54. The first-order valence-corrected chi connectivity index (χ1v) is 8.66. The zero-order valence-electron chi connectivity index (χ0n) is 15.1. The van der Waals surface area contributed by atoms with Gasteiger partial charge in [0, 0.05) is 39.2 Å². The number of fused-ring (bicyclic) bond motifs is 1. The van der Waals surface area contributed by atoms with Gasteiger partial charge in [0.05, 0.1) is 11.9 Å². The molecular formula is C19H24N6O. The summed E-state index contributed by atoms with van der Waals surface area (Å²) in [5.41, 5.74) is 9.50. The van der Waals surface area contributed by atoms with Crippen LogP contribution in [0.3, 0.4) is 0 Å². The minimum Gasteiger partial charge on any atom is -0.369 e. The largest absolute Gasteiger partial charge is 0.369 e. The molecule has 136 valence electrons. The van der Waals surface area contributed by atoms with Crippen molar-refractivity contribution < 1.29 is 4.79 Å². The minimum atomic E-state index is 0.132. The normalized spacial score (nSPS) is 10.9. The predicted molar refractivity (Wildman–Crippen MR) is 103 cm³/mol. The maximum absolute atomic E-state index is 11.6. The molecule has 0 bridgehead atoms. The maximum Gasteiger partial charge on any atom is 0.222 e. The van der Waals surface area contributed by atoms with Crippen LogP contribution in [0.1, 0.15) is 18.4 Å². The summed E-state index contributed by atoms with van der Waals surface area (Å²) in [5.74, 6) is 0.890. The zero-order chi connectivity index (χ0) is 18.5. The lowest BCUT2D eigenvalue weighted by molar-refractivity contribution is -0.128. The Balaban J connectivity index is 1.72. The Morgan fingerprint density at radius 3 is 2.65 bits per heavy atom. The van der Waals surface area contributed by atoms with Crippen molar-refractivity contribution in [1.29, 1.82) is 0 Å². The molecule has 0 aliphatic rings. The lowest BCUT2D eigenvalue weighted by Crippen LogP contribution is -2.22. The van der Waals surface area contributed by atoms with Gasteiger partial charge in [-0.3, -0.25) is 4.79 Å². The van der Waals surface area contributed by atoms with Crippen molar-refractivity contribution in [2.75, 3.05) is 26.0 Å². The number of nitrogens with one attached hydrogen (secondary N) is 1. The SMILES string of the molecule is CN(C)C(=O)CCCNc1ccc2ncc(-c3ccc(CN)cc3)n2n1. The molecule has 1 aromatic carbocycles. The topological polar surface area (TPSA) is 88.5 Å². The molecule has 26 heavy (non-hydrogen) atoms. The Morgan fingerprint density at radius 1 is 1.19 bits per heavy atom. The molecule has 7 nitrogen and oxygen atoms in total. The summed E-state index contributed by atoms with van der Waals surface area (Å²) < 4.78 is 1.82. The fraction of sp³-hybridized carbons (Fsp3) is 0.316. The fourth-order valence-corrected chi connectivity index (χ4v) is 2.66. The molecule has 0 aliphatic heterocycles. The molecule has 3 aromatic rings. The molecule has 0 spiro atoms. The van der Waals surface area contributed by atoms with E-state index < -0.39 is 0 Å². The number of hydrogen-bond donors (Lipinski definition) is 2. The number of hydrogen-bond acceptors (Lipinski definition) is 5. The zero-order valence-corrected chi connectivity index (χ0v) is 15.1. The molecule has 0 saturated heterocycles. The standard InChI is InChI=1S/C19H24N6O/c1-24(2)19(26)4-3-11-21-17-9-10-18-22-13-16(25(18)23-17)15-7-5-14(12-20)6-8-15/h5-10,13H,3-4,11-12,20H2,1-2H3,(H,21,23). The number of anilines is 1. The average Bonchev–Trinajstić information content (AvgIpc) is 3.08. The Morgan fingerprint density at radius 2 is 1.96 bits per heavy atom. The second kappa shape index (κ2) is 7.97. The van der Waals surface area contributed by atoms with Crippen LogP contribution in [0.4, 0.5) is 5.82 Å². The highest BCUT2D eigenvalue weighted by atomic mass is 16.2. The number of carbonyl (C=O) groups excluding carboxylic acids is 1. The van der Waals surface area contributed by atoms with Crippen LogP contribution >= 0.6 is 0 Å². The van der Waals surface area contributed by atoms with Gasteiger partial charge in [-0.05, 0) is 24.1 Å². The first kappa shape index (κ1) is 17.9. The number of benzene rings is 1. The van der Waals surface area contributed by atoms with Crippen molar-refractivity contribution in [2.24, 2.45) is 5.73 Å². The van der Waals surface area contributed by atoms with Gasteiger partial charge in [0.15, 0.2) is 5.65 Å². The van der Waals surface area contributed by atoms with Gasteiger partial charge >= 0.3 is 0 Å². The van der Waals surface area contributed by atoms with Crippen LogP contribution in [0.2, 0.25) is 0 Å². The highest BCUT2D eigenvalue weighted by Crippen LogP contribution is 2.21. The molecule has 0 unspecified atom stereocenters. The Kier molecular flexibility index (Phi) is 5.48. The van der Waals surface area contributed by atoms with Crippen LogP contribution in [0.25, 0.3) is 16.9 Å². The van der Waals surface area contributed by atoms with Crippen molar-refractivity contribution in [3.05, 3.63) is 48.2 Å². The molecule has 0 saturated carbocycles. The Bertz CT molecular complexity index is 885. The highest BCUT2D eigenvalue weighted by molar-refractivity contribution is 5.75. The summed E-state index contributed by atoms with van der Waals surface area (Å²) in [6, 6.07) is 11.9. The molecule has 0 radical (unpaired) electrons. The van der Waals surface area contributed by atoms with Crippen molar-refractivity contribution in [3.63, 3.8) is 0 Å². The number of imidazole rings is 1. The summed E-state index contributed by atoms with van der Waals surface area (Å²) >= 11 is 0. The lowest BCUT2D eigenvalue weighted by Gasteiger charge is -2.10. The third-order valence-electron chi connectivity index (χ3n) is 4.22. The summed E-state index contributed by atoms with van der Waals surface area (Å²) in [6.07, 6.45) is 3.10. The van der Waals surface area contributed by atoms with E-state index >= 15 is 0 Å². The van der Waals surface area contributed by atoms with Gasteiger partial charge < -0.3 is 16.0 Å². The molecule has 0 aliphatic carbocycles. The number of nitrogens with zero attached hydrogens (tertiary/aromatic N) is 4. The van der Waals surface area contributed by atoms with E-state index in [1.54, 1.807) is 19.0 Å². The van der Waals surface area contributed by atoms with Crippen LogP contribution in [0, 0.1) is 0 Å². The fourth-order valence-electron chi connectivity index (χ4n) is 2.66. The summed E-state index contributed by atoms with van der Waals surface area (Å²) in [5, 5.41) is 7.90. The number of amides is 1. The Hall–Kier alpha value is -2.93. The van der Waals surface area contributed by atoms with Crippen LogP contribution in [-0.2, 0) is 11.3 Å². The van der Waals surface area contributed by atoms with Crippen molar-refractivity contribution in [3.8, 4) is 11.3 Å². The predicted octanol–water partition coefficient (Wildman–Crippen LogP) is 2.14. The van der Waals surface area contributed by atoms with E-state index in [0.717, 1.165) is 34.7 Å². The maximum atomic E-state index is 11.6.